The second kappa shape index (κ2) is 9.50. The van der Waals surface area contributed by atoms with Crippen LogP contribution in [0.4, 0.5) is 23.3 Å². The van der Waals surface area contributed by atoms with E-state index in [0.717, 1.165) is 28.0 Å². The lowest BCUT2D eigenvalue weighted by Crippen LogP contribution is -2.05. The molecule has 0 aliphatic heterocycles. The Balaban J connectivity index is 1.49. The molecular formula is C24H18Cl2N6OS. The van der Waals surface area contributed by atoms with Gasteiger partial charge in [0.15, 0.2) is 5.58 Å². The van der Waals surface area contributed by atoms with Crippen molar-refractivity contribution in [3.8, 4) is 0 Å². The van der Waals surface area contributed by atoms with Gasteiger partial charge in [-0.15, -0.1) is 0 Å². The van der Waals surface area contributed by atoms with E-state index in [4.69, 9.17) is 27.6 Å². The Morgan fingerprint density at radius 3 is 1.88 bits per heavy atom. The number of halogens is 2. The van der Waals surface area contributed by atoms with E-state index in [1.165, 1.54) is 11.8 Å². The summed E-state index contributed by atoms with van der Waals surface area (Å²) in [4.78, 5) is 18.2. The summed E-state index contributed by atoms with van der Waals surface area (Å²) in [6.07, 6.45) is 0. The van der Waals surface area contributed by atoms with Crippen LogP contribution in [0.3, 0.4) is 0 Å². The van der Waals surface area contributed by atoms with Crippen LogP contribution in [0.5, 0.6) is 0 Å². The highest BCUT2D eigenvalue weighted by atomic mass is 35.5. The van der Waals surface area contributed by atoms with E-state index in [2.05, 4.69) is 30.6 Å². The molecule has 5 rings (SSSR count). The van der Waals surface area contributed by atoms with E-state index in [9.17, 15) is 0 Å². The standard InChI is InChI=1S/C24H18Cl2N6OS/c1-13-11-15(7-9-17(13)25)27-21-30-22(28-16-8-10-18(26)14(2)12-16)32-23(31-21)34-24-29-19-5-3-4-6-20(19)33-24/h3-12H,1-2H3,(H2,27,28,30,31,32). The largest absolute Gasteiger partial charge is 0.431 e. The zero-order chi connectivity index (χ0) is 23.7. The minimum Gasteiger partial charge on any atom is -0.431 e. The molecule has 0 amide bonds. The van der Waals surface area contributed by atoms with Crippen LogP contribution >= 0.6 is 35.0 Å². The number of hydrogen-bond donors (Lipinski definition) is 2. The van der Waals surface area contributed by atoms with E-state index in [0.29, 0.717) is 37.9 Å². The summed E-state index contributed by atoms with van der Waals surface area (Å²) in [5, 5.41) is 8.69. The van der Waals surface area contributed by atoms with Crippen molar-refractivity contribution in [2.24, 2.45) is 0 Å². The molecule has 2 aromatic heterocycles. The molecule has 5 aromatic rings. The average molecular weight is 509 g/mol. The number of para-hydroxylation sites is 2. The van der Waals surface area contributed by atoms with Crippen LogP contribution in [0.2, 0.25) is 10.0 Å². The van der Waals surface area contributed by atoms with E-state index in [1.54, 1.807) is 0 Å². The molecule has 0 fully saturated rings. The first-order valence-electron chi connectivity index (χ1n) is 10.3. The van der Waals surface area contributed by atoms with Gasteiger partial charge in [-0.1, -0.05) is 35.3 Å². The van der Waals surface area contributed by atoms with E-state index in [-0.39, 0.29) is 0 Å². The van der Waals surface area contributed by atoms with E-state index < -0.39 is 0 Å². The number of hydrogen-bond acceptors (Lipinski definition) is 8. The molecule has 0 radical (unpaired) electrons. The molecule has 2 heterocycles. The molecule has 10 heteroatoms. The second-order valence-corrected chi connectivity index (χ2v) is 9.23. The Morgan fingerprint density at radius 2 is 1.32 bits per heavy atom. The van der Waals surface area contributed by atoms with Crippen LogP contribution in [0.1, 0.15) is 11.1 Å². The summed E-state index contributed by atoms with van der Waals surface area (Å²) in [6, 6.07) is 18.8. The maximum atomic E-state index is 6.16. The van der Waals surface area contributed by atoms with Gasteiger partial charge in [-0.25, -0.2) is 4.98 Å². The molecule has 0 unspecified atom stereocenters. The van der Waals surface area contributed by atoms with E-state index >= 15 is 0 Å². The number of aryl methyl sites for hydroxylation is 2. The van der Waals surface area contributed by atoms with Gasteiger partial charge in [0.25, 0.3) is 5.22 Å². The van der Waals surface area contributed by atoms with Crippen LogP contribution in [-0.2, 0) is 0 Å². The lowest BCUT2D eigenvalue weighted by atomic mass is 10.2. The maximum Gasteiger partial charge on any atom is 0.264 e. The lowest BCUT2D eigenvalue weighted by Gasteiger charge is -2.11. The minimum absolute atomic E-state index is 0.364. The second-order valence-electron chi connectivity index (χ2n) is 7.49. The van der Waals surface area contributed by atoms with E-state index in [1.807, 2.05) is 74.5 Å². The zero-order valence-corrected chi connectivity index (χ0v) is 20.5. The first kappa shape index (κ1) is 22.5. The van der Waals surface area contributed by atoms with Gasteiger partial charge in [0, 0.05) is 33.2 Å². The first-order valence-corrected chi connectivity index (χ1v) is 11.9. The Labute approximate surface area is 210 Å². The Kier molecular flexibility index (Phi) is 6.28. The van der Waals surface area contributed by atoms with Crippen LogP contribution in [0, 0.1) is 13.8 Å². The van der Waals surface area contributed by atoms with Gasteiger partial charge in [0.05, 0.1) is 0 Å². The number of aromatic nitrogens is 4. The third kappa shape index (κ3) is 5.09. The van der Waals surface area contributed by atoms with Crippen LogP contribution in [-0.4, -0.2) is 19.9 Å². The molecule has 170 valence electrons. The normalized spacial score (nSPS) is 11.1. The highest BCUT2D eigenvalue weighted by Crippen LogP contribution is 2.30. The van der Waals surface area contributed by atoms with Crippen molar-refractivity contribution in [2.75, 3.05) is 10.6 Å². The minimum atomic E-state index is 0.364. The summed E-state index contributed by atoms with van der Waals surface area (Å²) in [7, 11) is 0. The molecule has 3 aromatic carbocycles. The third-order valence-electron chi connectivity index (χ3n) is 4.90. The summed E-state index contributed by atoms with van der Waals surface area (Å²) in [6.45, 7) is 3.87. The fourth-order valence-electron chi connectivity index (χ4n) is 3.19. The average Bonchev–Trinajstić information content (AvgIpc) is 3.21. The number of benzene rings is 3. The highest BCUT2D eigenvalue weighted by molar-refractivity contribution is 7.99. The lowest BCUT2D eigenvalue weighted by molar-refractivity contribution is 0.488. The number of rotatable bonds is 6. The van der Waals surface area contributed by atoms with Crippen molar-refractivity contribution in [3.63, 3.8) is 0 Å². The quantitative estimate of drug-likeness (QED) is 0.242. The van der Waals surface area contributed by atoms with Crippen molar-refractivity contribution in [1.82, 2.24) is 19.9 Å². The first-order chi connectivity index (χ1) is 16.4. The molecule has 0 bridgehead atoms. The maximum absolute atomic E-state index is 6.16. The Hall–Kier alpha value is -3.33. The number of fused-ring (bicyclic) bond motifs is 1. The van der Waals surface area contributed by atoms with Crippen LogP contribution < -0.4 is 10.6 Å². The van der Waals surface area contributed by atoms with Crippen molar-refractivity contribution >= 4 is 69.3 Å². The molecule has 0 saturated heterocycles. The molecule has 2 N–H and O–H groups in total. The number of nitrogens with zero attached hydrogens (tertiary/aromatic N) is 4. The summed E-state index contributed by atoms with van der Waals surface area (Å²) >= 11 is 13.5. The molecule has 0 aliphatic carbocycles. The molecule has 0 aliphatic rings. The van der Waals surface area contributed by atoms with Crippen LogP contribution in [0.15, 0.2) is 75.5 Å². The number of oxazole rings is 1. The summed E-state index contributed by atoms with van der Waals surface area (Å²) in [5.74, 6) is 0.729. The number of nitrogens with one attached hydrogen (secondary N) is 2. The third-order valence-corrected chi connectivity index (χ3v) is 6.46. The fourth-order valence-corrected chi connectivity index (χ4v) is 4.12. The summed E-state index contributed by atoms with van der Waals surface area (Å²) in [5.41, 5.74) is 4.96. The number of anilines is 4. The van der Waals surface area contributed by atoms with Crippen molar-refractivity contribution < 1.29 is 4.42 Å². The Morgan fingerprint density at radius 1 is 0.735 bits per heavy atom. The molecule has 0 saturated carbocycles. The van der Waals surface area contributed by atoms with Gasteiger partial charge in [0.1, 0.15) is 5.52 Å². The van der Waals surface area contributed by atoms with Gasteiger partial charge in [-0.05, 0) is 73.5 Å². The van der Waals surface area contributed by atoms with Crippen LogP contribution in [0.25, 0.3) is 11.1 Å². The van der Waals surface area contributed by atoms with Crippen molar-refractivity contribution in [3.05, 3.63) is 81.8 Å². The van der Waals surface area contributed by atoms with Gasteiger partial charge >= 0.3 is 0 Å². The molecule has 0 atom stereocenters. The van der Waals surface area contributed by atoms with Gasteiger partial charge in [0.2, 0.25) is 17.1 Å². The fraction of sp³-hybridized carbons (Fsp3) is 0.0833. The molecular weight excluding hydrogens is 491 g/mol. The topological polar surface area (TPSA) is 88.8 Å². The smallest absolute Gasteiger partial charge is 0.264 e. The van der Waals surface area contributed by atoms with Crippen molar-refractivity contribution in [2.45, 2.75) is 24.2 Å². The predicted molar refractivity (Wildman–Crippen MR) is 137 cm³/mol. The Bertz CT molecular complexity index is 1400. The monoisotopic (exact) mass is 508 g/mol. The molecule has 7 nitrogen and oxygen atoms in total. The molecule has 0 spiro atoms. The van der Waals surface area contributed by atoms with Gasteiger partial charge in [-0.2, -0.15) is 15.0 Å². The zero-order valence-electron chi connectivity index (χ0n) is 18.1. The van der Waals surface area contributed by atoms with Crippen molar-refractivity contribution in [1.29, 1.82) is 0 Å². The SMILES string of the molecule is Cc1cc(Nc2nc(Nc3ccc(Cl)c(C)c3)nc(Sc3nc4ccccc4o3)n2)ccc1Cl. The predicted octanol–water partition coefficient (Wildman–Crippen LogP) is 7.57. The highest BCUT2D eigenvalue weighted by Gasteiger charge is 2.14. The summed E-state index contributed by atoms with van der Waals surface area (Å²) < 4.78 is 5.83. The van der Waals surface area contributed by atoms with Gasteiger partial charge < -0.3 is 15.1 Å². The molecule has 34 heavy (non-hydrogen) atoms. The van der Waals surface area contributed by atoms with Gasteiger partial charge in [-0.3, -0.25) is 0 Å².